The molecule has 0 spiro atoms. The van der Waals surface area contributed by atoms with E-state index in [-0.39, 0.29) is 5.56 Å². The fourth-order valence-corrected chi connectivity index (χ4v) is 1.71. The van der Waals surface area contributed by atoms with E-state index in [1.165, 1.54) is 18.2 Å². The highest BCUT2D eigenvalue weighted by Gasteiger charge is 2.12. The first kappa shape index (κ1) is 13.1. The zero-order chi connectivity index (χ0) is 14.0. The van der Waals surface area contributed by atoms with E-state index >= 15 is 0 Å². The number of benzene rings is 1. The Morgan fingerprint density at radius 1 is 1.53 bits per heavy atom. The van der Waals surface area contributed by atoms with Crippen molar-refractivity contribution in [2.75, 3.05) is 5.73 Å². The van der Waals surface area contributed by atoms with Crippen molar-refractivity contribution >= 4 is 11.6 Å². The molecule has 3 N–H and O–H groups in total. The average Bonchev–Trinajstić information content (AvgIpc) is 2.70. The lowest BCUT2D eigenvalue weighted by Gasteiger charge is -2.06. The number of amides is 1. The van der Waals surface area contributed by atoms with Crippen LogP contribution in [0.4, 0.5) is 10.1 Å². The van der Waals surface area contributed by atoms with Crippen LogP contribution in [-0.4, -0.2) is 15.7 Å². The first-order valence-corrected chi connectivity index (χ1v) is 5.79. The van der Waals surface area contributed by atoms with Crippen LogP contribution < -0.4 is 11.1 Å². The summed E-state index contributed by atoms with van der Waals surface area (Å²) in [6.45, 7) is 2.20. The van der Waals surface area contributed by atoms with Gasteiger partial charge in [0.1, 0.15) is 5.82 Å². The van der Waals surface area contributed by atoms with Crippen molar-refractivity contribution in [2.24, 2.45) is 7.05 Å². The molecule has 0 unspecified atom stereocenters. The molecular weight excluding hydrogens is 247 g/mol. The van der Waals surface area contributed by atoms with E-state index in [9.17, 15) is 9.18 Å². The van der Waals surface area contributed by atoms with Crippen molar-refractivity contribution in [3.05, 3.63) is 47.0 Å². The molecular formula is C13H15FN4O. The van der Waals surface area contributed by atoms with Crippen LogP contribution in [0.3, 0.4) is 0 Å². The lowest BCUT2D eigenvalue weighted by atomic mass is 10.1. The number of aromatic nitrogens is 2. The van der Waals surface area contributed by atoms with Gasteiger partial charge >= 0.3 is 0 Å². The Labute approximate surface area is 110 Å². The lowest BCUT2D eigenvalue weighted by molar-refractivity contribution is 0.0947. The summed E-state index contributed by atoms with van der Waals surface area (Å²) >= 11 is 0. The molecule has 100 valence electrons. The molecule has 0 saturated heterocycles. The predicted octanol–water partition coefficient (Wildman–Crippen LogP) is 1.38. The number of carbonyl (C=O) groups excluding carboxylic acids is 1. The van der Waals surface area contributed by atoms with Crippen LogP contribution in [0.1, 0.15) is 21.6 Å². The summed E-state index contributed by atoms with van der Waals surface area (Å²) in [4.78, 5) is 11.9. The first-order valence-electron chi connectivity index (χ1n) is 5.79. The maximum Gasteiger partial charge on any atom is 0.254 e. The molecule has 0 aliphatic carbocycles. The van der Waals surface area contributed by atoms with Gasteiger partial charge in [0.15, 0.2) is 0 Å². The summed E-state index contributed by atoms with van der Waals surface area (Å²) in [5.41, 5.74) is 7.68. The molecule has 2 aromatic rings. The van der Waals surface area contributed by atoms with Crippen LogP contribution >= 0.6 is 0 Å². The Hall–Kier alpha value is -2.37. The fraction of sp³-hybridized carbons (Fsp3) is 0.231. The number of carbonyl (C=O) groups is 1. The molecule has 6 heteroatoms. The minimum Gasteiger partial charge on any atom is -0.399 e. The Kier molecular flexibility index (Phi) is 3.50. The van der Waals surface area contributed by atoms with Gasteiger partial charge in [-0.1, -0.05) is 0 Å². The van der Waals surface area contributed by atoms with E-state index in [4.69, 9.17) is 5.73 Å². The van der Waals surface area contributed by atoms with Gasteiger partial charge in [-0.15, -0.1) is 0 Å². The van der Waals surface area contributed by atoms with Crippen molar-refractivity contribution in [1.29, 1.82) is 0 Å². The number of aryl methyl sites for hydroxylation is 1. The smallest absolute Gasteiger partial charge is 0.254 e. The number of nitrogen functional groups attached to an aromatic ring is 1. The minimum absolute atomic E-state index is 0.0541. The topological polar surface area (TPSA) is 72.9 Å². The molecule has 1 heterocycles. The number of halogens is 1. The zero-order valence-corrected chi connectivity index (χ0v) is 10.8. The third-order valence-corrected chi connectivity index (χ3v) is 3.01. The standard InChI is InChI=1S/C13H15FN4O/c1-8-9(7-17-18(8)2)6-16-13(19)11-5-10(15)3-4-12(11)14/h3-5,7H,6,15H2,1-2H3,(H,16,19). The van der Waals surface area contributed by atoms with Gasteiger partial charge in [-0.3, -0.25) is 9.48 Å². The summed E-state index contributed by atoms with van der Waals surface area (Å²) in [6, 6.07) is 3.91. The van der Waals surface area contributed by atoms with Gasteiger partial charge in [0.2, 0.25) is 0 Å². The number of hydrogen-bond donors (Lipinski definition) is 2. The molecule has 2 rings (SSSR count). The Morgan fingerprint density at radius 3 is 2.89 bits per heavy atom. The number of nitrogens with two attached hydrogens (primary N) is 1. The molecule has 0 aliphatic heterocycles. The van der Waals surface area contributed by atoms with E-state index in [0.717, 1.165) is 11.3 Å². The highest BCUT2D eigenvalue weighted by Crippen LogP contribution is 2.12. The van der Waals surface area contributed by atoms with Gasteiger partial charge in [-0.25, -0.2) is 4.39 Å². The van der Waals surface area contributed by atoms with Crippen LogP contribution in [-0.2, 0) is 13.6 Å². The third-order valence-electron chi connectivity index (χ3n) is 3.01. The van der Waals surface area contributed by atoms with Crippen molar-refractivity contribution in [3.63, 3.8) is 0 Å². The molecule has 0 bridgehead atoms. The van der Waals surface area contributed by atoms with E-state index in [1.807, 2.05) is 14.0 Å². The number of rotatable bonds is 3. The van der Waals surface area contributed by atoms with E-state index in [0.29, 0.717) is 12.2 Å². The van der Waals surface area contributed by atoms with Gasteiger partial charge in [0.05, 0.1) is 11.8 Å². The number of nitrogens with zero attached hydrogens (tertiary/aromatic N) is 2. The summed E-state index contributed by atoms with van der Waals surface area (Å²) in [5, 5.41) is 6.72. The van der Waals surface area contributed by atoms with Crippen molar-refractivity contribution < 1.29 is 9.18 Å². The lowest BCUT2D eigenvalue weighted by Crippen LogP contribution is -2.24. The van der Waals surface area contributed by atoms with E-state index in [1.54, 1.807) is 10.9 Å². The number of nitrogens with one attached hydrogen (secondary N) is 1. The average molecular weight is 262 g/mol. The highest BCUT2D eigenvalue weighted by molar-refractivity contribution is 5.95. The summed E-state index contributed by atoms with van der Waals surface area (Å²) < 4.78 is 15.2. The van der Waals surface area contributed by atoms with E-state index < -0.39 is 11.7 Å². The maximum absolute atomic E-state index is 13.5. The highest BCUT2D eigenvalue weighted by atomic mass is 19.1. The molecule has 0 fully saturated rings. The Bertz CT molecular complexity index is 621. The van der Waals surface area contributed by atoms with E-state index in [2.05, 4.69) is 10.4 Å². The second kappa shape index (κ2) is 5.09. The Balaban J connectivity index is 2.09. The van der Waals surface area contributed by atoms with Crippen molar-refractivity contribution in [3.8, 4) is 0 Å². The second-order valence-electron chi connectivity index (χ2n) is 4.30. The van der Waals surface area contributed by atoms with Crippen LogP contribution in [0.2, 0.25) is 0 Å². The summed E-state index contributed by atoms with van der Waals surface area (Å²) in [6.07, 6.45) is 1.67. The molecule has 1 amide bonds. The molecule has 0 saturated carbocycles. The number of hydrogen-bond acceptors (Lipinski definition) is 3. The first-order chi connectivity index (χ1) is 8.99. The predicted molar refractivity (Wildman–Crippen MR) is 69.9 cm³/mol. The molecule has 1 aromatic heterocycles. The number of anilines is 1. The molecule has 1 aromatic carbocycles. The van der Waals surface area contributed by atoms with Gasteiger partial charge in [0, 0.05) is 30.5 Å². The molecule has 0 atom stereocenters. The van der Waals surface area contributed by atoms with Crippen LogP contribution in [0.25, 0.3) is 0 Å². The SMILES string of the molecule is Cc1c(CNC(=O)c2cc(N)ccc2F)cnn1C. The molecule has 19 heavy (non-hydrogen) atoms. The maximum atomic E-state index is 13.5. The zero-order valence-electron chi connectivity index (χ0n) is 10.8. The fourth-order valence-electron chi connectivity index (χ4n) is 1.71. The van der Waals surface area contributed by atoms with Crippen LogP contribution in [0.5, 0.6) is 0 Å². The summed E-state index contributed by atoms with van der Waals surface area (Å²) in [7, 11) is 1.82. The summed E-state index contributed by atoms with van der Waals surface area (Å²) in [5.74, 6) is -1.08. The monoisotopic (exact) mass is 262 g/mol. The van der Waals surface area contributed by atoms with Gasteiger partial charge in [-0.05, 0) is 25.1 Å². The van der Waals surface area contributed by atoms with Crippen molar-refractivity contribution in [1.82, 2.24) is 15.1 Å². The third kappa shape index (κ3) is 2.73. The largest absolute Gasteiger partial charge is 0.399 e. The molecule has 0 aliphatic rings. The molecule has 5 nitrogen and oxygen atoms in total. The van der Waals surface area contributed by atoms with Crippen LogP contribution in [0, 0.1) is 12.7 Å². The minimum atomic E-state index is -0.588. The van der Waals surface area contributed by atoms with Crippen molar-refractivity contribution in [2.45, 2.75) is 13.5 Å². The normalized spacial score (nSPS) is 10.5. The second-order valence-corrected chi connectivity index (χ2v) is 4.30. The van der Waals surface area contributed by atoms with Gasteiger partial charge in [-0.2, -0.15) is 5.10 Å². The van der Waals surface area contributed by atoms with Crippen LogP contribution in [0.15, 0.2) is 24.4 Å². The van der Waals surface area contributed by atoms with Gasteiger partial charge in [0.25, 0.3) is 5.91 Å². The van der Waals surface area contributed by atoms with Gasteiger partial charge < -0.3 is 11.1 Å². The Morgan fingerprint density at radius 2 is 2.26 bits per heavy atom. The molecule has 0 radical (unpaired) electrons. The quantitative estimate of drug-likeness (QED) is 0.821.